The molecule has 2 N–H and O–H groups in total. The SMILES string of the molecule is NC(c1cccc(Cl)c1Cl)C1CN2CCN1CC2. The summed E-state index contributed by atoms with van der Waals surface area (Å²) in [5.41, 5.74) is 7.38. The molecule has 0 radical (unpaired) electrons. The van der Waals surface area contributed by atoms with Crippen molar-refractivity contribution in [2.45, 2.75) is 12.1 Å². The van der Waals surface area contributed by atoms with Crippen LogP contribution >= 0.6 is 23.2 Å². The van der Waals surface area contributed by atoms with Crippen molar-refractivity contribution >= 4 is 23.2 Å². The van der Waals surface area contributed by atoms with Crippen LogP contribution in [0.5, 0.6) is 0 Å². The largest absolute Gasteiger partial charge is 0.323 e. The monoisotopic (exact) mass is 285 g/mol. The number of halogens is 2. The lowest BCUT2D eigenvalue weighted by molar-refractivity contribution is 0.00216. The fraction of sp³-hybridized carbons (Fsp3) is 0.538. The maximum Gasteiger partial charge on any atom is 0.0640 e. The minimum Gasteiger partial charge on any atom is -0.323 e. The summed E-state index contributed by atoms with van der Waals surface area (Å²) in [6.45, 7) is 5.57. The van der Waals surface area contributed by atoms with Crippen molar-refractivity contribution in [2.75, 3.05) is 32.7 Å². The van der Waals surface area contributed by atoms with Crippen LogP contribution in [0.2, 0.25) is 10.0 Å². The highest BCUT2D eigenvalue weighted by molar-refractivity contribution is 6.42. The maximum atomic E-state index is 6.41. The number of piperazine rings is 3. The Hall–Kier alpha value is -0.320. The zero-order valence-corrected chi connectivity index (χ0v) is 11.7. The molecule has 98 valence electrons. The zero-order valence-electron chi connectivity index (χ0n) is 10.1. The molecule has 2 atom stereocenters. The first kappa shape index (κ1) is 12.7. The Morgan fingerprint density at radius 2 is 1.89 bits per heavy atom. The van der Waals surface area contributed by atoms with Gasteiger partial charge in [0.25, 0.3) is 0 Å². The van der Waals surface area contributed by atoms with Crippen LogP contribution in [-0.4, -0.2) is 48.6 Å². The number of hydrogen-bond donors (Lipinski definition) is 1. The predicted octanol–water partition coefficient (Wildman–Crippen LogP) is 1.99. The minimum atomic E-state index is -0.0701. The lowest BCUT2D eigenvalue weighted by Crippen LogP contribution is -2.63. The van der Waals surface area contributed by atoms with Gasteiger partial charge in [0, 0.05) is 44.8 Å². The second kappa shape index (κ2) is 4.99. The molecule has 2 bridgehead atoms. The van der Waals surface area contributed by atoms with Gasteiger partial charge in [0.15, 0.2) is 0 Å². The molecule has 0 spiro atoms. The smallest absolute Gasteiger partial charge is 0.0640 e. The molecule has 3 aliphatic heterocycles. The van der Waals surface area contributed by atoms with E-state index in [1.165, 1.54) is 0 Å². The first-order valence-electron chi connectivity index (χ1n) is 6.32. The van der Waals surface area contributed by atoms with Crippen molar-refractivity contribution in [3.63, 3.8) is 0 Å². The van der Waals surface area contributed by atoms with Gasteiger partial charge in [-0.25, -0.2) is 0 Å². The van der Waals surface area contributed by atoms with E-state index in [-0.39, 0.29) is 6.04 Å². The summed E-state index contributed by atoms with van der Waals surface area (Å²) in [5, 5.41) is 1.19. The van der Waals surface area contributed by atoms with E-state index in [1.807, 2.05) is 12.1 Å². The minimum absolute atomic E-state index is 0.0701. The van der Waals surface area contributed by atoms with E-state index in [1.54, 1.807) is 6.07 Å². The molecular formula is C13H17Cl2N3. The molecule has 3 heterocycles. The highest BCUT2D eigenvalue weighted by atomic mass is 35.5. The van der Waals surface area contributed by atoms with E-state index < -0.39 is 0 Å². The molecule has 0 amide bonds. The molecule has 2 unspecified atom stereocenters. The van der Waals surface area contributed by atoms with Gasteiger partial charge < -0.3 is 5.73 Å². The molecule has 1 aromatic carbocycles. The summed E-state index contributed by atoms with van der Waals surface area (Å²) in [7, 11) is 0. The molecule has 0 aromatic heterocycles. The van der Waals surface area contributed by atoms with Crippen LogP contribution in [0.15, 0.2) is 18.2 Å². The summed E-state index contributed by atoms with van der Waals surface area (Å²) in [5.74, 6) is 0. The lowest BCUT2D eigenvalue weighted by Gasteiger charge is -2.49. The van der Waals surface area contributed by atoms with E-state index in [4.69, 9.17) is 28.9 Å². The molecule has 4 rings (SSSR count). The Bertz CT molecular complexity index is 444. The van der Waals surface area contributed by atoms with E-state index >= 15 is 0 Å². The Kier molecular flexibility index (Phi) is 3.52. The lowest BCUT2D eigenvalue weighted by atomic mass is 9.95. The molecule has 5 heteroatoms. The molecule has 0 aliphatic carbocycles. The van der Waals surface area contributed by atoms with Crippen molar-refractivity contribution in [3.05, 3.63) is 33.8 Å². The second-order valence-corrected chi connectivity index (χ2v) is 5.86. The van der Waals surface area contributed by atoms with Crippen LogP contribution in [-0.2, 0) is 0 Å². The van der Waals surface area contributed by atoms with Crippen molar-refractivity contribution in [3.8, 4) is 0 Å². The topological polar surface area (TPSA) is 32.5 Å². The normalized spacial score (nSPS) is 32.5. The summed E-state index contributed by atoms with van der Waals surface area (Å²) in [4.78, 5) is 4.95. The van der Waals surface area contributed by atoms with Gasteiger partial charge >= 0.3 is 0 Å². The van der Waals surface area contributed by atoms with Gasteiger partial charge in [-0.3, -0.25) is 9.80 Å². The Morgan fingerprint density at radius 3 is 2.50 bits per heavy atom. The molecule has 1 aromatic rings. The Balaban J connectivity index is 1.86. The van der Waals surface area contributed by atoms with Gasteiger partial charge in [-0.05, 0) is 11.6 Å². The Labute approximate surface area is 117 Å². The predicted molar refractivity (Wildman–Crippen MR) is 75.2 cm³/mol. The number of benzene rings is 1. The van der Waals surface area contributed by atoms with Gasteiger partial charge in [0.05, 0.1) is 10.0 Å². The quantitative estimate of drug-likeness (QED) is 0.902. The van der Waals surface area contributed by atoms with E-state index in [2.05, 4.69) is 9.80 Å². The number of rotatable bonds is 2. The average Bonchev–Trinajstić information content (AvgIpc) is 2.42. The van der Waals surface area contributed by atoms with Crippen LogP contribution in [0, 0.1) is 0 Å². The second-order valence-electron chi connectivity index (χ2n) is 5.07. The fourth-order valence-electron chi connectivity index (χ4n) is 2.98. The van der Waals surface area contributed by atoms with E-state index in [0.29, 0.717) is 16.1 Å². The maximum absolute atomic E-state index is 6.41. The van der Waals surface area contributed by atoms with Gasteiger partial charge in [-0.15, -0.1) is 0 Å². The first-order chi connectivity index (χ1) is 8.66. The van der Waals surface area contributed by atoms with Crippen molar-refractivity contribution < 1.29 is 0 Å². The highest BCUT2D eigenvalue weighted by Gasteiger charge is 2.36. The van der Waals surface area contributed by atoms with Crippen molar-refractivity contribution in [1.82, 2.24) is 9.80 Å². The third-order valence-corrected chi connectivity index (χ3v) is 4.91. The summed E-state index contributed by atoms with van der Waals surface area (Å²) < 4.78 is 0. The summed E-state index contributed by atoms with van der Waals surface area (Å²) in [6.07, 6.45) is 0. The number of fused-ring (bicyclic) bond motifs is 3. The van der Waals surface area contributed by atoms with E-state index in [0.717, 1.165) is 38.3 Å². The Morgan fingerprint density at radius 1 is 1.17 bits per heavy atom. The standard InChI is InChI=1S/C13H17Cl2N3/c14-10-3-1-2-9(12(10)15)13(16)11-8-17-4-6-18(11)7-5-17/h1-3,11,13H,4-8,16H2. The van der Waals surface area contributed by atoms with Crippen molar-refractivity contribution in [1.29, 1.82) is 0 Å². The van der Waals surface area contributed by atoms with Gasteiger partial charge in [0.1, 0.15) is 0 Å². The van der Waals surface area contributed by atoms with Crippen LogP contribution in [0.1, 0.15) is 11.6 Å². The number of hydrogen-bond acceptors (Lipinski definition) is 3. The molecule has 3 nitrogen and oxygen atoms in total. The number of nitrogens with zero attached hydrogens (tertiary/aromatic N) is 2. The summed E-state index contributed by atoms with van der Waals surface area (Å²) >= 11 is 12.3. The third-order valence-electron chi connectivity index (χ3n) is 4.08. The van der Waals surface area contributed by atoms with Crippen LogP contribution in [0.3, 0.4) is 0 Å². The van der Waals surface area contributed by atoms with Crippen LogP contribution in [0.25, 0.3) is 0 Å². The molecule has 3 saturated heterocycles. The van der Waals surface area contributed by atoms with Gasteiger partial charge in [-0.1, -0.05) is 35.3 Å². The van der Waals surface area contributed by atoms with E-state index in [9.17, 15) is 0 Å². The number of nitrogens with two attached hydrogens (primary N) is 1. The van der Waals surface area contributed by atoms with Gasteiger partial charge in [0.2, 0.25) is 0 Å². The zero-order chi connectivity index (χ0) is 12.7. The van der Waals surface area contributed by atoms with Crippen LogP contribution in [0.4, 0.5) is 0 Å². The average molecular weight is 286 g/mol. The first-order valence-corrected chi connectivity index (χ1v) is 7.08. The fourth-order valence-corrected chi connectivity index (χ4v) is 3.42. The van der Waals surface area contributed by atoms with Gasteiger partial charge in [-0.2, -0.15) is 0 Å². The van der Waals surface area contributed by atoms with Crippen molar-refractivity contribution in [2.24, 2.45) is 5.73 Å². The summed E-state index contributed by atoms with van der Waals surface area (Å²) in [6, 6.07) is 5.98. The highest BCUT2D eigenvalue weighted by Crippen LogP contribution is 2.33. The molecule has 18 heavy (non-hydrogen) atoms. The molecule has 0 saturated carbocycles. The third kappa shape index (κ3) is 2.15. The molecule has 3 fully saturated rings. The molecule has 3 aliphatic rings. The van der Waals surface area contributed by atoms with Crippen LogP contribution < -0.4 is 5.73 Å². The molecular weight excluding hydrogens is 269 g/mol.